The number of carbonyl (C=O) groups is 10. The number of amides is 9. The summed E-state index contributed by atoms with van der Waals surface area (Å²) < 4.78 is 83.7. The molecule has 8 aromatic rings. The predicted molar refractivity (Wildman–Crippen MR) is 468 cm³/mol. The van der Waals surface area contributed by atoms with E-state index in [1.54, 1.807) is 26.0 Å². The third-order valence-corrected chi connectivity index (χ3v) is 23.6. The van der Waals surface area contributed by atoms with Crippen molar-refractivity contribution in [2.75, 3.05) is 24.3 Å². The molecule has 2 saturated heterocycles. The highest BCUT2D eigenvalue weighted by Gasteiger charge is 2.53. The fraction of sp³-hybridized carbons (Fsp3) is 0.356. The molecule has 0 saturated carbocycles. The van der Waals surface area contributed by atoms with Crippen molar-refractivity contribution in [3.63, 3.8) is 0 Å². The van der Waals surface area contributed by atoms with Gasteiger partial charge in [0.1, 0.15) is 101 Å². The number of phenolic OH excluding ortho intramolecular Hbond substituents is 4. The third kappa shape index (κ3) is 23.1. The van der Waals surface area contributed by atoms with Crippen LogP contribution < -0.4 is 83.6 Å². The van der Waals surface area contributed by atoms with Crippen LogP contribution in [0.25, 0.3) is 11.1 Å². The summed E-state index contributed by atoms with van der Waals surface area (Å²) in [6.07, 6.45) is -25.9. The van der Waals surface area contributed by atoms with Crippen LogP contribution in [0.15, 0.2) is 146 Å². The van der Waals surface area contributed by atoms with E-state index >= 15 is 24.0 Å². The molecule has 2 fully saturated rings. The Bertz CT molecular complexity index is 5890. The fourth-order valence-corrected chi connectivity index (χ4v) is 16.6. The van der Waals surface area contributed by atoms with Crippen LogP contribution in [0.3, 0.4) is 0 Å². The number of hydrogen-bond donors (Lipinski definition) is 23. The van der Waals surface area contributed by atoms with Gasteiger partial charge in [0.15, 0.2) is 29.9 Å². The number of fused-ring (bicyclic) bond motifs is 15. The van der Waals surface area contributed by atoms with Gasteiger partial charge in [0.2, 0.25) is 59.3 Å². The number of ether oxygens (including phenoxy) is 7. The first-order valence-electron chi connectivity index (χ1n) is 41.9. The Labute approximate surface area is 775 Å². The minimum atomic E-state index is -5.12. The molecule has 11 bridgehead atoms. The first kappa shape index (κ1) is 99.2. The molecule has 0 aromatic heterocycles. The van der Waals surface area contributed by atoms with E-state index in [9.17, 15) is 93.3 Å². The fourth-order valence-electron chi connectivity index (χ4n) is 16.1. The molecular weight excluding hydrogens is 1820 g/mol. The number of benzene rings is 8. The number of nitrogens with two attached hydrogens (primary N) is 2. The van der Waals surface area contributed by atoms with Crippen molar-refractivity contribution >= 4 is 93.7 Å². The van der Waals surface area contributed by atoms with Crippen molar-refractivity contribution in [1.29, 1.82) is 0 Å². The molecule has 718 valence electrons. The summed E-state index contributed by atoms with van der Waals surface area (Å²) in [6, 6.07) is 11.3. The van der Waals surface area contributed by atoms with Gasteiger partial charge in [0, 0.05) is 58.2 Å². The number of rotatable bonds is 23. The Morgan fingerprint density at radius 2 is 1.28 bits per heavy atom. The van der Waals surface area contributed by atoms with E-state index in [2.05, 4.69) is 57.9 Å². The van der Waals surface area contributed by atoms with Crippen molar-refractivity contribution < 1.29 is 150 Å². The zero-order chi connectivity index (χ0) is 97.8. The predicted octanol–water partition coefficient (Wildman–Crippen LogP) is 4.30. The summed E-state index contributed by atoms with van der Waals surface area (Å²) in [6.45, 7) is 5.17. The maximum absolute atomic E-state index is 16.3. The highest BCUT2D eigenvalue weighted by atomic mass is 35.5. The molecule has 4 unspecified atom stereocenters. The summed E-state index contributed by atoms with van der Waals surface area (Å²) in [5.74, 6) is -19.5. The SMILES string of the molecule is CN[C@H](CC(C)C)C(=O)N[C@H]1C(=O)N[C@@H](CC(N)=O)C(=O)NC2C(=O)NC3C(=O)N[C@H](C(=O)N[C@@H](C(=O)O)c4cc(O)cc(O)c4-c4cc3ccc4O)[C@H](O)c3ccc(c(Cl)c3)Oc3cc2cc(c3OC2O[C@H](CO)[C@@H](O)[C@@H](O)[C@H]2O[C@H]2C[C@](C)(NCc3cc(NC(=O)c4cccc(OC(F)(F)F)c4)cc(NC(=O)C(N)Cc4ccc(O)cc4)c3)[C@H](O)[C@H](C)O2)Oc2ccc(cc2Cl)[C@H]1O. The Balaban J connectivity index is 0.939. The van der Waals surface area contributed by atoms with Gasteiger partial charge in [-0.25, -0.2) is 4.79 Å². The molecule has 7 aliphatic heterocycles. The van der Waals surface area contributed by atoms with Crippen molar-refractivity contribution in [2.45, 2.75) is 182 Å². The number of nitrogens with one attached hydrogen (secondary N) is 10. The second-order valence-corrected chi connectivity index (χ2v) is 34.2. The normalized spacial score (nSPS) is 25.2. The summed E-state index contributed by atoms with van der Waals surface area (Å²) >= 11 is 14.3. The van der Waals surface area contributed by atoms with Gasteiger partial charge in [0.25, 0.3) is 5.91 Å². The topological polar surface area (TPSA) is 630 Å². The second kappa shape index (κ2) is 41.3. The molecule has 0 radical (unpaired) electrons. The number of likely N-dealkylation sites (N-methyl/N-ethyl adjacent to an activating group) is 1. The maximum atomic E-state index is 16.3. The smallest absolute Gasteiger partial charge is 0.508 e. The summed E-state index contributed by atoms with van der Waals surface area (Å²) in [7, 11) is 1.45. The van der Waals surface area contributed by atoms with E-state index in [1.165, 1.54) is 63.4 Å². The lowest BCUT2D eigenvalue weighted by molar-refractivity contribution is -0.334. The van der Waals surface area contributed by atoms with Gasteiger partial charge in [-0.1, -0.05) is 73.4 Å². The van der Waals surface area contributed by atoms with E-state index in [4.69, 9.17) is 63.1 Å². The van der Waals surface area contributed by atoms with Gasteiger partial charge in [-0.2, -0.15) is 0 Å². The van der Waals surface area contributed by atoms with Crippen LogP contribution in [0.4, 0.5) is 24.5 Å². The van der Waals surface area contributed by atoms with Gasteiger partial charge in [0.05, 0.1) is 47.4 Å². The largest absolute Gasteiger partial charge is 0.573 e. The van der Waals surface area contributed by atoms with Crippen molar-refractivity contribution in [1.82, 2.24) is 42.5 Å². The maximum Gasteiger partial charge on any atom is 0.573 e. The van der Waals surface area contributed by atoms with E-state index in [1.807, 2.05) is 0 Å². The number of anilines is 2. The molecule has 7 heterocycles. The molecular formula is C90H95Cl2F3N12O28. The summed E-state index contributed by atoms with van der Waals surface area (Å²) in [4.78, 5) is 146. The van der Waals surface area contributed by atoms with Gasteiger partial charge in [-0.05, 0) is 176 Å². The van der Waals surface area contributed by atoms with Gasteiger partial charge in [-0.15, -0.1) is 13.2 Å². The highest BCUT2D eigenvalue weighted by molar-refractivity contribution is 6.32. The molecule has 8 aromatic carbocycles. The first-order valence-corrected chi connectivity index (χ1v) is 42.7. The van der Waals surface area contributed by atoms with Crippen LogP contribution in [-0.2, 0) is 70.3 Å². The Hall–Kier alpha value is -13.3. The number of carboxylic acid groups (broad SMARTS) is 1. The number of aromatic hydroxyl groups is 4. The standard InChI is InChI=1S/C90H95Cl2F3N12O28/c1-36(2)19-55(98-5)81(121)106-70-72(114)41-12-17-59(52(91)25-41)130-61-27-44-28-62(131-60-18-13-42(26-53(60)92)73(115)71-86(126)105-69(87(127)128)51-30-48(110)31-58(112)66(51)50-24-40(11-16-57(50)111)67(83(123)107-71)104-84(124)68(44)103-82(122)56(32-64(97)113)102-85(70)125)76(61)134-88-77(75(117)74(116)63(35-108)132-88)133-65-33-89(4,78(118)37(3)129-65)99-34-39-20-45(100-79(119)43-7-6-8-49(23-43)135-90(93,94)95)29-46(21-39)101-80(120)54(96)22-38-9-14-47(109)15-10-38/h6-18,20-21,23-31,36-37,54-56,63,65,67-75,77-78,88,98-99,108-112,114-118H,19,22,32-35,96H2,1-5H3,(H2,97,113)(H,100,119)(H,101,120)(H,102,125)(H,103,122)(H,104,124)(H,105,126)(H,106,121)(H,107,123)(H,127,128)/t37-,54?,55+,56-,63+,65-,67?,68?,69+,70+,71-,72+,73+,74+,75+,77+,78+,88?,89-/m0/s1. The highest BCUT2D eigenvalue weighted by Crippen LogP contribution is 2.51. The number of alkyl halides is 3. The van der Waals surface area contributed by atoms with E-state index in [0.29, 0.717) is 5.56 Å². The minimum Gasteiger partial charge on any atom is -0.508 e. The molecule has 0 aliphatic carbocycles. The van der Waals surface area contributed by atoms with Crippen LogP contribution in [0.5, 0.6) is 57.5 Å². The molecule has 135 heavy (non-hydrogen) atoms. The molecule has 0 spiro atoms. The number of phenols is 4. The minimum absolute atomic E-state index is 0.0187. The van der Waals surface area contributed by atoms with Crippen LogP contribution in [0.2, 0.25) is 10.0 Å². The zero-order valence-corrected chi connectivity index (χ0v) is 73.5. The third-order valence-electron chi connectivity index (χ3n) is 23.0. The Morgan fingerprint density at radius 3 is 1.90 bits per heavy atom. The summed E-state index contributed by atoms with van der Waals surface area (Å²) in [5.41, 5.74) is 7.84. The zero-order valence-electron chi connectivity index (χ0n) is 72.0. The quantitative estimate of drug-likeness (QED) is 0.0424. The number of halogens is 5. The molecule has 40 nitrogen and oxygen atoms in total. The average molecular weight is 1920 g/mol. The Kier molecular flexibility index (Phi) is 30.4. The van der Waals surface area contributed by atoms with E-state index in [0.717, 1.165) is 91.0 Å². The van der Waals surface area contributed by atoms with Crippen LogP contribution >= 0.6 is 23.2 Å². The van der Waals surface area contributed by atoms with Crippen LogP contribution in [0, 0.1) is 5.92 Å². The number of carboxylic acids is 1. The van der Waals surface area contributed by atoms with Crippen molar-refractivity contribution in [2.24, 2.45) is 17.4 Å². The average Bonchev–Trinajstić information content (AvgIpc) is 0.761. The van der Waals surface area contributed by atoms with Crippen molar-refractivity contribution in [3.05, 3.63) is 200 Å². The Morgan fingerprint density at radius 1 is 0.652 bits per heavy atom. The van der Waals surface area contributed by atoms with Crippen molar-refractivity contribution in [3.8, 4) is 68.6 Å². The first-order chi connectivity index (χ1) is 63.8. The van der Waals surface area contributed by atoms with Gasteiger partial charge < -0.3 is 154 Å². The lowest BCUT2D eigenvalue weighted by atomic mass is 9.84. The number of aliphatic carboxylic acids is 1. The number of carbonyl (C=O) groups excluding carboxylic acids is 9. The van der Waals surface area contributed by atoms with Gasteiger partial charge in [-0.3, -0.25) is 43.2 Å². The molecule has 19 atom stereocenters. The van der Waals surface area contributed by atoms with Gasteiger partial charge >= 0.3 is 12.3 Å². The molecule has 45 heteroatoms. The van der Waals surface area contributed by atoms with E-state index in [-0.39, 0.29) is 64.7 Å². The summed E-state index contributed by atoms with van der Waals surface area (Å²) in [5, 5.41) is 152. The van der Waals surface area contributed by atoms with E-state index < -0.39 is 290 Å². The number of aliphatic hydroxyl groups is 6. The van der Waals surface area contributed by atoms with Crippen LogP contribution in [0.1, 0.15) is 127 Å². The van der Waals surface area contributed by atoms with Crippen LogP contribution in [-0.4, -0.2) is 220 Å². The lowest BCUT2D eigenvalue weighted by Gasteiger charge is -2.48. The molecule has 25 N–H and O–H groups in total. The monoisotopic (exact) mass is 1920 g/mol. The molecule has 15 rings (SSSR count). The molecule has 9 amide bonds. The molecule has 7 aliphatic rings. The number of hydrogen-bond acceptors (Lipinski definition) is 30. The lowest BCUT2D eigenvalue weighted by Crippen LogP contribution is -2.65. The number of aliphatic hydroxyl groups excluding tert-OH is 6. The second-order valence-electron chi connectivity index (χ2n) is 33.4. The number of primary amides is 1.